The monoisotopic (exact) mass is 229 g/mol. The van der Waals surface area contributed by atoms with E-state index in [2.05, 4.69) is 0 Å². The Morgan fingerprint density at radius 1 is 1.06 bits per heavy atom. The van der Waals surface area contributed by atoms with E-state index in [9.17, 15) is 14.3 Å². The zero-order valence-electron chi connectivity index (χ0n) is 9.02. The second-order valence-corrected chi connectivity index (χ2v) is 3.76. The molecule has 0 aliphatic carbocycles. The van der Waals surface area contributed by atoms with Crippen molar-refractivity contribution < 1.29 is 14.3 Å². The van der Waals surface area contributed by atoms with E-state index in [0.29, 0.717) is 5.56 Å². The molecular weight excluding hydrogens is 219 g/mol. The summed E-state index contributed by atoms with van der Waals surface area (Å²) < 4.78 is 13.0. The van der Waals surface area contributed by atoms with Crippen molar-refractivity contribution in [2.45, 2.75) is 6.42 Å². The van der Waals surface area contributed by atoms with Gasteiger partial charge in [0.25, 0.3) is 0 Å². The minimum atomic E-state index is -1.11. The van der Waals surface area contributed by atoms with Crippen molar-refractivity contribution in [3.8, 4) is 11.1 Å². The summed E-state index contributed by atoms with van der Waals surface area (Å²) in [6.45, 7) is 0. The fraction of sp³-hybridized carbons (Fsp3) is 0.0714. The summed E-state index contributed by atoms with van der Waals surface area (Å²) in [4.78, 5) is 10.4. The second-order valence-electron chi connectivity index (χ2n) is 3.76. The number of carbonyl (C=O) groups excluding carboxylic acids is 1. The standard InChI is InChI=1S/C14H11FO2/c15-13-3-1-2-12(9-13)11-6-4-10(5-7-11)8-14(16)17/h1-7,9H,8H2,(H,16,17)/p-1. The number of hydrogen-bond donors (Lipinski definition) is 0. The van der Waals surface area contributed by atoms with Crippen LogP contribution in [0.5, 0.6) is 0 Å². The molecule has 0 aliphatic rings. The number of hydrogen-bond acceptors (Lipinski definition) is 2. The van der Waals surface area contributed by atoms with Crippen molar-refractivity contribution in [3.05, 3.63) is 59.9 Å². The molecule has 0 spiro atoms. The van der Waals surface area contributed by atoms with Gasteiger partial charge in [-0.25, -0.2) is 4.39 Å². The summed E-state index contributed by atoms with van der Waals surface area (Å²) in [6, 6.07) is 13.2. The number of aliphatic carboxylic acids is 1. The van der Waals surface area contributed by atoms with Gasteiger partial charge in [-0.15, -0.1) is 0 Å². The van der Waals surface area contributed by atoms with Gasteiger partial charge in [-0.2, -0.15) is 0 Å². The molecule has 2 aromatic carbocycles. The van der Waals surface area contributed by atoms with E-state index in [1.807, 2.05) is 0 Å². The molecule has 2 rings (SSSR count). The van der Waals surface area contributed by atoms with Crippen molar-refractivity contribution >= 4 is 5.97 Å². The van der Waals surface area contributed by atoms with Crippen molar-refractivity contribution in [3.63, 3.8) is 0 Å². The highest BCUT2D eigenvalue weighted by Gasteiger charge is 1.99. The number of carboxylic acid groups (broad SMARTS) is 1. The molecule has 0 unspecified atom stereocenters. The topological polar surface area (TPSA) is 40.1 Å². The molecule has 3 heteroatoms. The minimum absolute atomic E-state index is 0.108. The molecule has 0 bridgehead atoms. The van der Waals surface area contributed by atoms with Crippen LogP contribution in [0.15, 0.2) is 48.5 Å². The van der Waals surface area contributed by atoms with Crippen LogP contribution in [0.1, 0.15) is 5.56 Å². The van der Waals surface area contributed by atoms with Crippen LogP contribution in [-0.2, 0) is 11.2 Å². The molecule has 0 N–H and O–H groups in total. The van der Waals surface area contributed by atoms with Crippen LogP contribution < -0.4 is 5.11 Å². The third-order valence-electron chi connectivity index (χ3n) is 2.46. The largest absolute Gasteiger partial charge is 0.550 e. The third kappa shape index (κ3) is 2.91. The zero-order chi connectivity index (χ0) is 12.3. The Morgan fingerprint density at radius 3 is 2.35 bits per heavy atom. The van der Waals surface area contributed by atoms with Crippen LogP contribution in [0, 0.1) is 5.82 Å². The van der Waals surface area contributed by atoms with Crippen molar-refractivity contribution in [2.24, 2.45) is 0 Å². The number of carboxylic acids is 1. The third-order valence-corrected chi connectivity index (χ3v) is 2.46. The van der Waals surface area contributed by atoms with Gasteiger partial charge in [-0.1, -0.05) is 36.4 Å². The van der Waals surface area contributed by atoms with Gasteiger partial charge in [0.05, 0.1) is 0 Å². The SMILES string of the molecule is O=C([O-])Cc1ccc(-c2cccc(F)c2)cc1. The van der Waals surface area contributed by atoms with Crippen molar-refractivity contribution in [1.29, 1.82) is 0 Å². The molecule has 0 radical (unpaired) electrons. The van der Waals surface area contributed by atoms with Crippen LogP contribution >= 0.6 is 0 Å². The number of benzene rings is 2. The van der Waals surface area contributed by atoms with Crippen LogP contribution in [-0.4, -0.2) is 5.97 Å². The molecule has 0 aliphatic heterocycles. The van der Waals surface area contributed by atoms with Crippen LogP contribution in [0.3, 0.4) is 0 Å². The summed E-state index contributed by atoms with van der Waals surface area (Å²) in [5, 5.41) is 10.4. The molecule has 0 fully saturated rings. The minimum Gasteiger partial charge on any atom is -0.550 e. The van der Waals surface area contributed by atoms with Gasteiger partial charge in [-0.3, -0.25) is 0 Å². The van der Waals surface area contributed by atoms with E-state index in [4.69, 9.17) is 0 Å². The average Bonchev–Trinajstić information content (AvgIpc) is 2.29. The normalized spacial score (nSPS) is 10.2. The molecule has 0 heterocycles. The lowest BCUT2D eigenvalue weighted by Crippen LogP contribution is -2.24. The van der Waals surface area contributed by atoms with Gasteiger partial charge in [0.15, 0.2) is 0 Å². The molecule has 2 aromatic rings. The fourth-order valence-corrected chi connectivity index (χ4v) is 1.65. The number of halogens is 1. The van der Waals surface area contributed by atoms with Crippen LogP contribution in [0.4, 0.5) is 4.39 Å². The first-order valence-corrected chi connectivity index (χ1v) is 5.20. The van der Waals surface area contributed by atoms with E-state index in [1.54, 1.807) is 36.4 Å². The first kappa shape index (κ1) is 11.3. The van der Waals surface area contributed by atoms with Crippen LogP contribution in [0.25, 0.3) is 11.1 Å². The Balaban J connectivity index is 2.26. The zero-order valence-corrected chi connectivity index (χ0v) is 9.02. The Hall–Kier alpha value is -2.16. The van der Waals surface area contributed by atoms with Gasteiger partial charge >= 0.3 is 0 Å². The Morgan fingerprint density at radius 2 is 1.76 bits per heavy atom. The first-order chi connectivity index (χ1) is 8.15. The fourth-order valence-electron chi connectivity index (χ4n) is 1.65. The second kappa shape index (κ2) is 4.78. The summed E-state index contributed by atoms with van der Waals surface area (Å²) >= 11 is 0. The van der Waals surface area contributed by atoms with Gasteiger partial charge in [0.1, 0.15) is 5.82 Å². The molecule has 0 saturated heterocycles. The molecule has 2 nitrogen and oxygen atoms in total. The first-order valence-electron chi connectivity index (χ1n) is 5.20. The smallest absolute Gasteiger partial charge is 0.123 e. The van der Waals surface area contributed by atoms with Gasteiger partial charge in [-0.05, 0) is 28.8 Å². The van der Waals surface area contributed by atoms with E-state index in [1.165, 1.54) is 12.1 Å². The predicted octanol–water partition coefficient (Wildman–Crippen LogP) is 1.79. The lowest BCUT2D eigenvalue weighted by molar-refractivity contribution is -0.304. The Bertz CT molecular complexity index is 532. The van der Waals surface area contributed by atoms with Gasteiger partial charge < -0.3 is 9.90 Å². The predicted molar refractivity (Wildman–Crippen MR) is 60.5 cm³/mol. The lowest BCUT2D eigenvalue weighted by Gasteiger charge is -2.05. The van der Waals surface area contributed by atoms with E-state index < -0.39 is 5.97 Å². The van der Waals surface area contributed by atoms with Crippen LogP contribution in [0.2, 0.25) is 0 Å². The van der Waals surface area contributed by atoms with Gasteiger partial charge in [0.2, 0.25) is 0 Å². The summed E-state index contributed by atoms with van der Waals surface area (Å²) in [7, 11) is 0. The van der Waals surface area contributed by atoms with Crippen molar-refractivity contribution in [1.82, 2.24) is 0 Å². The van der Waals surface area contributed by atoms with Crippen molar-refractivity contribution in [2.75, 3.05) is 0 Å². The number of rotatable bonds is 3. The average molecular weight is 229 g/mol. The summed E-state index contributed by atoms with van der Waals surface area (Å²) in [6.07, 6.45) is -0.108. The maximum Gasteiger partial charge on any atom is 0.123 e. The molecule has 0 saturated carbocycles. The Labute approximate surface area is 98.3 Å². The molecule has 0 aromatic heterocycles. The quantitative estimate of drug-likeness (QED) is 0.805. The molecular formula is C14H10FO2-. The highest BCUT2D eigenvalue weighted by molar-refractivity contribution is 5.69. The molecule has 0 amide bonds. The maximum absolute atomic E-state index is 13.0. The van der Waals surface area contributed by atoms with E-state index in [0.717, 1.165) is 11.1 Å². The van der Waals surface area contributed by atoms with Gasteiger partial charge in [0, 0.05) is 12.4 Å². The van der Waals surface area contributed by atoms with E-state index >= 15 is 0 Å². The summed E-state index contributed by atoms with van der Waals surface area (Å²) in [5.74, 6) is -1.40. The highest BCUT2D eigenvalue weighted by atomic mass is 19.1. The molecule has 0 atom stereocenters. The maximum atomic E-state index is 13.0. The number of carbonyl (C=O) groups is 1. The summed E-state index contributed by atoms with van der Waals surface area (Å²) in [5.41, 5.74) is 2.29. The lowest BCUT2D eigenvalue weighted by atomic mass is 10.0. The molecule has 17 heavy (non-hydrogen) atoms. The van der Waals surface area contributed by atoms with E-state index in [-0.39, 0.29) is 12.2 Å². The Kier molecular flexibility index (Phi) is 3.19. The molecule has 86 valence electrons. The highest BCUT2D eigenvalue weighted by Crippen LogP contribution is 2.20.